The molecule has 0 N–H and O–H groups in total. The Morgan fingerprint density at radius 2 is 1.93 bits per heavy atom. The van der Waals surface area contributed by atoms with Crippen LogP contribution >= 0.6 is 0 Å². The molecule has 14 heavy (non-hydrogen) atoms. The van der Waals surface area contributed by atoms with Gasteiger partial charge < -0.3 is 4.90 Å². The molecule has 0 radical (unpaired) electrons. The molecule has 0 amide bonds. The van der Waals surface area contributed by atoms with Gasteiger partial charge in [-0.05, 0) is 32.2 Å². The molecule has 0 aromatic carbocycles. The highest BCUT2D eigenvalue weighted by atomic mass is 15.1. The molecule has 0 aliphatic heterocycles. The van der Waals surface area contributed by atoms with E-state index in [1.165, 1.54) is 51.5 Å². The summed E-state index contributed by atoms with van der Waals surface area (Å²) >= 11 is 0. The molecule has 1 heteroatoms. The molecule has 0 bridgehead atoms. The van der Waals surface area contributed by atoms with Gasteiger partial charge in [0.2, 0.25) is 0 Å². The van der Waals surface area contributed by atoms with Crippen molar-refractivity contribution in [3.05, 3.63) is 0 Å². The smallest absolute Gasteiger partial charge is 0.00934 e. The molecular weight excluding hydrogens is 170 g/mol. The molecule has 1 atom stereocenters. The van der Waals surface area contributed by atoms with Gasteiger partial charge in [-0.1, -0.05) is 39.5 Å². The third kappa shape index (κ3) is 4.45. The van der Waals surface area contributed by atoms with Crippen LogP contribution < -0.4 is 0 Å². The summed E-state index contributed by atoms with van der Waals surface area (Å²) < 4.78 is 0. The maximum absolute atomic E-state index is 2.58. The normalized spacial score (nSPS) is 18.9. The fourth-order valence-corrected chi connectivity index (χ4v) is 2.18. The van der Waals surface area contributed by atoms with Crippen molar-refractivity contribution in [1.29, 1.82) is 0 Å². The highest BCUT2D eigenvalue weighted by Crippen LogP contribution is 2.27. The van der Waals surface area contributed by atoms with E-state index in [-0.39, 0.29) is 0 Å². The van der Waals surface area contributed by atoms with E-state index < -0.39 is 0 Å². The monoisotopic (exact) mass is 197 g/mol. The van der Waals surface area contributed by atoms with E-state index in [1.807, 2.05) is 0 Å². The van der Waals surface area contributed by atoms with Crippen LogP contribution in [0.15, 0.2) is 0 Å². The van der Waals surface area contributed by atoms with E-state index in [9.17, 15) is 0 Å². The van der Waals surface area contributed by atoms with Crippen molar-refractivity contribution in [3.8, 4) is 0 Å². The number of unbranched alkanes of at least 4 members (excludes halogenated alkanes) is 2. The average molecular weight is 197 g/mol. The van der Waals surface area contributed by atoms with E-state index in [2.05, 4.69) is 25.8 Å². The van der Waals surface area contributed by atoms with Gasteiger partial charge >= 0.3 is 0 Å². The van der Waals surface area contributed by atoms with E-state index in [0.717, 1.165) is 12.0 Å². The summed E-state index contributed by atoms with van der Waals surface area (Å²) in [5.74, 6) is 0.951. The molecule has 1 nitrogen and oxygen atoms in total. The first kappa shape index (κ1) is 12.0. The zero-order valence-corrected chi connectivity index (χ0v) is 10.3. The van der Waals surface area contributed by atoms with Gasteiger partial charge in [0.25, 0.3) is 0 Å². The van der Waals surface area contributed by atoms with Crippen molar-refractivity contribution >= 4 is 0 Å². The number of hydrogen-bond donors (Lipinski definition) is 0. The summed E-state index contributed by atoms with van der Waals surface area (Å²) in [5, 5.41) is 0. The Labute approximate surface area is 89.9 Å². The molecule has 0 saturated heterocycles. The van der Waals surface area contributed by atoms with Crippen LogP contribution in [0.4, 0.5) is 0 Å². The van der Waals surface area contributed by atoms with Crippen molar-refractivity contribution in [2.24, 2.45) is 5.92 Å². The zero-order valence-electron chi connectivity index (χ0n) is 10.3. The molecule has 0 spiro atoms. The van der Waals surface area contributed by atoms with Gasteiger partial charge in [-0.3, -0.25) is 0 Å². The summed E-state index contributed by atoms with van der Waals surface area (Å²) in [6, 6.07) is 0.940. The fraction of sp³-hybridized carbons (Fsp3) is 1.00. The molecule has 1 fully saturated rings. The lowest BCUT2D eigenvalue weighted by atomic mass is 9.98. The third-order valence-corrected chi connectivity index (χ3v) is 3.51. The first-order valence-corrected chi connectivity index (χ1v) is 6.48. The standard InChI is InChI=1S/C13H27N/c1-4-6-7-8-12(5-2)11-14(3)13-9-10-13/h12-13H,4-11H2,1-3H3. The van der Waals surface area contributed by atoms with Crippen molar-refractivity contribution in [1.82, 2.24) is 4.90 Å². The molecular formula is C13H27N. The molecule has 0 heterocycles. The first-order chi connectivity index (χ1) is 6.77. The molecule has 1 rings (SSSR count). The van der Waals surface area contributed by atoms with Crippen LogP contribution in [-0.4, -0.2) is 24.5 Å². The third-order valence-electron chi connectivity index (χ3n) is 3.51. The summed E-state index contributed by atoms with van der Waals surface area (Å²) in [6.45, 7) is 5.97. The van der Waals surface area contributed by atoms with Crippen molar-refractivity contribution in [2.75, 3.05) is 13.6 Å². The highest BCUT2D eigenvalue weighted by molar-refractivity contribution is 4.83. The summed E-state index contributed by atoms with van der Waals surface area (Å²) in [4.78, 5) is 2.58. The van der Waals surface area contributed by atoms with Crippen LogP contribution in [0, 0.1) is 5.92 Å². The summed E-state index contributed by atoms with van der Waals surface area (Å²) in [5.41, 5.74) is 0. The highest BCUT2D eigenvalue weighted by Gasteiger charge is 2.26. The van der Waals surface area contributed by atoms with Gasteiger partial charge in [0, 0.05) is 12.6 Å². The summed E-state index contributed by atoms with van der Waals surface area (Å²) in [7, 11) is 2.31. The van der Waals surface area contributed by atoms with Crippen LogP contribution in [0.5, 0.6) is 0 Å². The Balaban J connectivity index is 2.09. The minimum absolute atomic E-state index is 0.940. The Hall–Kier alpha value is -0.0400. The summed E-state index contributed by atoms with van der Waals surface area (Å²) in [6.07, 6.45) is 9.91. The molecule has 84 valence electrons. The van der Waals surface area contributed by atoms with Gasteiger partial charge in [0.05, 0.1) is 0 Å². The lowest BCUT2D eigenvalue weighted by molar-refractivity contribution is 0.251. The van der Waals surface area contributed by atoms with Crippen LogP contribution in [0.25, 0.3) is 0 Å². The quantitative estimate of drug-likeness (QED) is 0.536. The Morgan fingerprint density at radius 1 is 1.21 bits per heavy atom. The van der Waals surface area contributed by atoms with Gasteiger partial charge in [0.1, 0.15) is 0 Å². The number of hydrogen-bond acceptors (Lipinski definition) is 1. The fourth-order valence-electron chi connectivity index (χ4n) is 2.18. The number of rotatable bonds is 8. The van der Waals surface area contributed by atoms with Gasteiger partial charge in [-0.25, -0.2) is 0 Å². The van der Waals surface area contributed by atoms with Crippen molar-refractivity contribution < 1.29 is 0 Å². The van der Waals surface area contributed by atoms with Crippen LogP contribution in [-0.2, 0) is 0 Å². The van der Waals surface area contributed by atoms with E-state index >= 15 is 0 Å². The van der Waals surface area contributed by atoms with Crippen molar-refractivity contribution in [2.45, 2.75) is 64.8 Å². The molecule has 0 aromatic heterocycles. The lowest BCUT2D eigenvalue weighted by Crippen LogP contribution is -2.27. The molecule has 0 aromatic rings. The number of nitrogens with zero attached hydrogens (tertiary/aromatic N) is 1. The van der Waals surface area contributed by atoms with E-state index in [1.54, 1.807) is 0 Å². The Morgan fingerprint density at radius 3 is 2.43 bits per heavy atom. The SMILES string of the molecule is CCCCCC(CC)CN(C)C1CC1. The van der Waals surface area contributed by atoms with Crippen molar-refractivity contribution in [3.63, 3.8) is 0 Å². The maximum atomic E-state index is 2.58. The topological polar surface area (TPSA) is 3.24 Å². The minimum atomic E-state index is 0.940. The second kappa shape index (κ2) is 6.44. The van der Waals surface area contributed by atoms with Gasteiger partial charge in [-0.2, -0.15) is 0 Å². The second-order valence-electron chi connectivity index (χ2n) is 4.94. The van der Waals surface area contributed by atoms with Gasteiger partial charge in [0.15, 0.2) is 0 Å². The predicted octanol–water partition coefficient (Wildman–Crippen LogP) is 3.69. The second-order valence-corrected chi connectivity index (χ2v) is 4.94. The lowest BCUT2D eigenvalue weighted by Gasteiger charge is -2.22. The van der Waals surface area contributed by atoms with Crippen LogP contribution in [0.2, 0.25) is 0 Å². The first-order valence-electron chi connectivity index (χ1n) is 6.48. The predicted molar refractivity (Wildman–Crippen MR) is 63.6 cm³/mol. The van der Waals surface area contributed by atoms with E-state index in [0.29, 0.717) is 0 Å². The zero-order chi connectivity index (χ0) is 10.4. The maximum Gasteiger partial charge on any atom is 0.00934 e. The largest absolute Gasteiger partial charge is 0.303 e. The van der Waals surface area contributed by atoms with Crippen LogP contribution in [0.3, 0.4) is 0 Å². The van der Waals surface area contributed by atoms with Crippen LogP contribution in [0.1, 0.15) is 58.8 Å². The van der Waals surface area contributed by atoms with E-state index in [4.69, 9.17) is 0 Å². The Bertz CT molecular complexity index is 140. The minimum Gasteiger partial charge on any atom is -0.303 e. The average Bonchev–Trinajstić information content (AvgIpc) is 2.99. The Kier molecular flexibility index (Phi) is 5.54. The molecule has 1 saturated carbocycles. The van der Waals surface area contributed by atoms with Gasteiger partial charge in [-0.15, -0.1) is 0 Å². The molecule has 1 unspecified atom stereocenters. The molecule has 1 aliphatic carbocycles. The molecule has 1 aliphatic rings.